The number of carbonyl (C=O) groups is 3. The molecule has 9 nitrogen and oxygen atoms in total. The van der Waals surface area contributed by atoms with Crippen molar-refractivity contribution >= 4 is 29.2 Å². The standard InChI is InChI=1S/C21H23N3O6/c1-3-14(2)15-7-9-17(10-8-15)23-19(25)13-30-20(26)12-22-21(27)16-5-4-6-18(11-16)24(28)29/h4-11,14H,3,12-13H2,1-2H3,(H,22,27)(H,23,25)/t14-/m0/s1. The van der Waals surface area contributed by atoms with E-state index in [0.717, 1.165) is 12.5 Å². The molecule has 2 aromatic carbocycles. The number of rotatable bonds is 9. The number of hydrogen-bond acceptors (Lipinski definition) is 6. The van der Waals surface area contributed by atoms with Crippen molar-refractivity contribution in [3.05, 3.63) is 69.8 Å². The molecule has 0 aliphatic carbocycles. The Morgan fingerprint density at radius 3 is 2.47 bits per heavy atom. The van der Waals surface area contributed by atoms with Gasteiger partial charge < -0.3 is 15.4 Å². The van der Waals surface area contributed by atoms with Crippen molar-refractivity contribution in [3.8, 4) is 0 Å². The summed E-state index contributed by atoms with van der Waals surface area (Å²) in [6.45, 7) is 3.24. The molecular formula is C21H23N3O6. The van der Waals surface area contributed by atoms with Crippen molar-refractivity contribution in [1.82, 2.24) is 5.32 Å². The minimum atomic E-state index is -0.809. The normalized spacial score (nSPS) is 11.3. The van der Waals surface area contributed by atoms with Gasteiger partial charge in [-0.1, -0.05) is 32.0 Å². The lowest BCUT2D eigenvalue weighted by Gasteiger charge is -2.11. The van der Waals surface area contributed by atoms with Crippen molar-refractivity contribution in [2.24, 2.45) is 0 Å². The van der Waals surface area contributed by atoms with Crippen molar-refractivity contribution in [2.75, 3.05) is 18.5 Å². The van der Waals surface area contributed by atoms with Crippen molar-refractivity contribution in [1.29, 1.82) is 0 Å². The predicted octanol–water partition coefficient (Wildman–Crippen LogP) is 3.02. The molecule has 2 N–H and O–H groups in total. The van der Waals surface area contributed by atoms with Crippen LogP contribution in [0.5, 0.6) is 0 Å². The molecule has 158 valence electrons. The van der Waals surface area contributed by atoms with Crippen LogP contribution in [0.2, 0.25) is 0 Å². The fraction of sp³-hybridized carbons (Fsp3) is 0.286. The van der Waals surface area contributed by atoms with E-state index in [0.29, 0.717) is 11.6 Å². The largest absolute Gasteiger partial charge is 0.454 e. The van der Waals surface area contributed by atoms with E-state index >= 15 is 0 Å². The van der Waals surface area contributed by atoms with Gasteiger partial charge in [-0.2, -0.15) is 0 Å². The first-order valence-corrected chi connectivity index (χ1v) is 9.38. The van der Waals surface area contributed by atoms with E-state index in [2.05, 4.69) is 24.5 Å². The van der Waals surface area contributed by atoms with E-state index in [-0.39, 0.29) is 11.3 Å². The van der Waals surface area contributed by atoms with Crippen molar-refractivity contribution in [3.63, 3.8) is 0 Å². The Hall–Kier alpha value is -3.75. The van der Waals surface area contributed by atoms with E-state index in [4.69, 9.17) is 4.74 Å². The van der Waals surface area contributed by atoms with Gasteiger partial charge in [-0.3, -0.25) is 24.5 Å². The molecule has 9 heteroatoms. The Kier molecular flexibility index (Phi) is 8.04. The number of nitrogens with one attached hydrogen (secondary N) is 2. The summed E-state index contributed by atoms with van der Waals surface area (Å²) in [6, 6.07) is 12.5. The summed E-state index contributed by atoms with van der Waals surface area (Å²) in [5.74, 6) is -1.56. The maximum Gasteiger partial charge on any atom is 0.325 e. The number of hydrogen-bond donors (Lipinski definition) is 2. The second-order valence-corrected chi connectivity index (χ2v) is 6.63. The smallest absolute Gasteiger partial charge is 0.325 e. The lowest BCUT2D eigenvalue weighted by molar-refractivity contribution is -0.384. The monoisotopic (exact) mass is 413 g/mol. The van der Waals surface area contributed by atoms with Gasteiger partial charge in [-0.05, 0) is 36.1 Å². The third kappa shape index (κ3) is 6.69. The van der Waals surface area contributed by atoms with Gasteiger partial charge in [-0.15, -0.1) is 0 Å². The second-order valence-electron chi connectivity index (χ2n) is 6.63. The first-order chi connectivity index (χ1) is 14.3. The molecule has 30 heavy (non-hydrogen) atoms. The summed E-state index contributed by atoms with van der Waals surface area (Å²) >= 11 is 0. The number of esters is 1. The van der Waals surface area contributed by atoms with Crippen LogP contribution in [0, 0.1) is 10.1 Å². The van der Waals surface area contributed by atoms with Gasteiger partial charge in [0.1, 0.15) is 6.54 Å². The number of amides is 2. The third-order valence-electron chi connectivity index (χ3n) is 4.45. The molecule has 0 aromatic heterocycles. The average Bonchev–Trinajstić information content (AvgIpc) is 2.76. The van der Waals surface area contributed by atoms with Gasteiger partial charge in [0, 0.05) is 23.4 Å². The number of benzene rings is 2. The second kappa shape index (κ2) is 10.7. The van der Waals surface area contributed by atoms with Gasteiger partial charge in [0.05, 0.1) is 4.92 Å². The topological polar surface area (TPSA) is 128 Å². The highest BCUT2D eigenvalue weighted by Gasteiger charge is 2.14. The summed E-state index contributed by atoms with van der Waals surface area (Å²) in [5, 5.41) is 15.7. The first kappa shape index (κ1) is 22.5. The van der Waals surface area contributed by atoms with E-state index in [9.17, 15) is 24.5 Å². The molecule has 0 aliphatic rings. The molecule has 2 aromatic rings. The van der Waals surface area contributed by atoms with Crippen LogP contribution in [0.25, 0.3) is 0 Å². The highest BCUT2D eigenvalue weighted by Crippen LogP contribution is 2.20. The molecule has 1 atom stereocenters. The van der Waals surface area contributed by atoms with E-state index in [1.165, 1.54) is 23.8 Å². The number of anilines is 1. The minimum absolute atomic E-state index is 0.0376. The predicted molar refractivity (Wildman–Crippen MR) is 110 cm³/mol. The van der Waals surface area contributed by atoms with E-state index < -0.39 is 35.9 Å². The van der Waals surface area contributed by atoms with Crippen molar-refractivity contribution in [2.45, 2.75) is 26.2 Å². The van der Waals surface area contributed by atoms with Crippen LogP contribution in [0.1, 0.15) is 42.1 Å². The molecule has 2 amide bonds. The summed E-state index contributed by atoms with van der Waals surface area (Å²) in [6.07, 6.45) is 1.01. The maximum absolute atomic E-state index is 12.0. The molecule has 2 rings (SSSR count). The van der Waals surface area contributed by atoms with Crippen LogP contribution >= 0.6 is 0 Å². The summed E-state index contributed by atoms with van der Waals surface area (Å²) in [7, 11) is 0. The van der Waals surface area contributed by atoms with Gasteiger partial charge in [-0.25, -0.2) is 0 Å². The average molecular weight is 413 g/mol. The minimum Gasteiger partial charge on any atom is -0.454 e. The first-order valence-electron chi connectivity index (χ1n) is 9.38. The molecule has 0 heterocycles. The summed E-state index contributed by atoms with van der Waals surface area (Å²) in [5.41, 5.74) is 1.55. The molecule has 0 fully saturated rings. The van der Waals surface area contributed by atoms with Crippen LogP contribution in [-0.4, -0.2) is 35.9 Å². The SMILES string of the molecule is CC[C@H](C)c1ccc(NC(=O)COC(=O)CNC(=O)c2cccc([N+](=O)[O-])c2)cc1. The fourth-order valence-corrected chi connectivity index (χ4v) is 2.54. The van der Waals surface area contributed by atoms with Gasteiger partial charge in [0.15, 0.2) is 6.61 Å². The molecular weight excluding hydrogens is 390 g/mol. The van der Waals surface area contributed by atoms with Crippen LogP contribution in [0.15, 0.2) is 48.5 Å². The zero-order valence-corrected chi connectivity index (χ0v) is 16.7. The molecule has 0 bridgehead atoms. The van der Waals surface area contributed by atoms with Crippen LogP contribution in [-0.2, 0) is 14.3 Å². The zero-order chi connectivity index (χ0) is 22.1. The molecule has 0 unspecified atom stereocenters. The number of nitro groups is 1. The highest BCUT2D eigenvalue weighted by atomic mass is 16.6. The maximum atomic E-state index is 12.0. The molecule has 0 saturated heterocycles. The Morgan fingerprint density at radius 1 is 1.13 bits per heavy atom. The number of ether oxygens (including phenoxy) is 1. The van der Waals surface area contributed by atoms with Gasteiger partial charge >= 0.3 is 5.97 Å². The number of nitrogens with zero attached hydrogens (tertiary/aromatic N) is 1. The van der Waals surface area contributed by atoms with E-state index in [1.807, 2.05) is 12.1 Å². The quantitative estimate of drug-likeness (QED) is 0.369. The Bertz CT molecular complexity index is 927. The Balaban J connectivity index is 1.76. The Morgan fingerprint density at radius 2 is 1.83 bits per heavy atom. The zero-order valence-electron chi connectivity index (χ0n) is 16.7. The van der Waals surface area contributed by atoms with E-state index in [1.54, 1.807) is 12.1 Å². The van der Waals surface area contributed by atoms with Crippen LogP contribution in [0.3, 0.4) is 0 Å². The Labute approximate surface area is 173 Å². The lowest BCUT2D eigenvalue weighted by atomic mass is 9.99. The molecule has 0 aliphatic heterocycles. The number of nitro benzene ring substituents is 1. The molecule has 0 saturated carbocycles. The van der Waals surface area contributed by atoms with Crippen LogP contribution in [0.4, 0.5) is 11.4 Å². The summed E-state index contributed by atoms with van der Waals surface area (Å²) in [4.78, 5) is 45.8. The molecule has 0 radical (unpaired) electrons. The van der Waals surface area contributed by atoms with Crippen molar-refractivity contribution < 1.29 is 24.0 Å². The van der Waals surface area contributed by atoms with Gasteiger partial charge in [0.2, 0.25) is 0 Å². The highest BCUT2D eigenvalue weighted by molar-refractivity contribution is 5.97. The van der Waals surface area contributed by atoms with Crippen LogP contribution < -0.4 is 10.6 Å². The molecule has 0 spiro atoms. The fourth-order valence-electron chi connectivity index (χ4n) is 2.54. The lowest BCUT2D eigenvalue weighted by Crippen LogP contribution is -2.32. The number of non-ortho nitro benzene ring substituents is 1. The number of carbonyl (C=O) groups excluding carboxylic acids is 3. The van der Waals surface area contributed by atoms with Gasteiger partial charge in [0.25, 0.3) is 17.5 Å². The third-order valence-corrected chi connectivity index (χ3v) is 4.45. The summed E-state index contributed by atoms with van der Waals surface area (Å²) < 4.78 is 4.83.